The van der Waals surface area contributed by atoms with Crippen LogP contribution < -0.4 is 18.9 Å². The first-order valence-corrected chi connectivity index (χ1v) is 10.0. The molecule has 1 heterocycles. The Morgan fingerprint density at radius 2 is 1.69 bits per heavy atom. The first kappa shape index (κ1) is 21.2. The highest BCUT2D eigenvalue weighted by molar-refractivity contribution is 6.15. The molecular weight excluding hydrogens is 408 g/mol. The van der Waals surface area contributed by atoms with E-state index in [1.807, 2.05) is 19.1 Å². The Morgan fingerprint density at radius 1 is 0.906 bits per heavy atom. The number of methoxy groups -OCH3 is 2. The fraction of sp³-hybridized carbons (Fsp3) is 0.154. The zero-order valence-electron chi connectivity index (χ0n) is 18.2. The predicted octanol–water partition coefficient (Wildman–Crippen LogP) is 5.16. The summed E-state index contributed by atoms with van der Waals surface area (Å²) in [6.07, 6.45) is 1.61. The van der Waals surface area contributed by atoms with E-state index in [2.05, 4.69) is 0 Å². The second-order valence-corrected chi connectivity index (χ2v) is 7.29. The Balaban J connectivity index is 1.65. The van der Waals surface area contributed by atoms with Crippen molar-refractivity contribution in [3.63, 3.8) is 0 Å². The molecule has 6 heteroatoms. The zero-order chi connectivity index (χ0) is 22.8. The Kier molecular flexibility index (Phi) is 5.69. The van der Waals surface area contributed by atoms with Crippen LogP contribution in [-0.4, -0.2) is 26.0 Å². The first-order valence-electron chi connectivity index (χ1n) is 10.0. The smallest absolute Gasteiger partial charge is 0.343 e. The van der Waals surface area contributed by atoms with Crippen LogP contribution in [0.4, 0.5) is 0 Å². The number of para-hydroxylation sites is 1. The summed E-state index contributed by atoms with van der Waals surface area (Å²) in [4.78, 5) is 25.6. The molecule has 0 fully saturated rings. The molecule has 0 N–H and O–H groups in total. The SMILES string of the molecule is COc1cccc(/C=C2\Oc3c(ccc(OC(=O)c4ccccc4C)c3C)C2=O)c1OC. The summed E-state index contributed by atoms with van der Waals surface area (Å²) < 4.78 is 22.3. The number of benzene rings is 3. The molecule has 0 amide bonds. The largest absolute Gasteiger partial charge is 0.493 e. The van der Waals surface area contributed by atoms with Gasteiger partial charge in [-0.3, -0.25) is 4.79 Å². The molecule has 0 spiro atoms. The zero-order valence-corrected chi connectivity index (χ0v) is 18.2. The summed E-state index contributed by atoms with van der Waals surface area (Å²) in [5.74, 6) is 1.18. The van der Waals surface area contributed by atoms with Crippen LogP contribution in [-0.2, 0) is 0 Å². The summed E-state index contributed by atoms with van der Waals surface area (Å²) in [5, 5.41) is 0. The average molecular weight is 430 g/mol. The molecule has 1 aliphatic rings. The number of ether oxygens (including phenoxy) is 4. The van der Waals surface area contributed by atoms with Crippen molar-refractivity contribution >= 4 is 17.8 Å². The van der Waals surface area contributed by atoms with Gasteiger partial charge in [0.25, 0.3) is 0 Å². The third-order valence-corrected chi connectivity index (χ3v) is 5.32. The lowest BCUT2D eigenvalue weighted by atomic mass is 10.1. The van der Waals surface area contributed by atoms with E-state index < -0.39 is 5.97 Å². The molecule has 0 saturated carbocycles. The lowest BCUT2D eigenvalue weighted by molar-refractivity contribution is 0.0732. The molecule has 162 valence electrons. The number of aryl methyl sites for hydroxylation is 1. The molecular formula is C26H22O6. The number of rotatable bonds is 5. The summed E-state index contributed by atoms with van der Waals surface area (Å²) in [7, 11) is 3.08. The molecule has 1 aliphatic heterocycles. The Bertz CT molecular complexity index is 1260. The fourth-order valence-electron chi connectivity index (χ4n) is 3.60. The van der Waals surface area contributed by atoms with Gasteiger partial charge in [-0.15, -0.1) is 0 Å². The van der Waals surface area contributed by atoms with Gasteiger partial charge < -0.3 is 18.9 Å². The lowest BCUT2D eigenvalue weighted by Crippen LogP contribution is -2.11. The molecule has 6 nitrogen and oxygen atoms in total. The highest BCUT2D eigenvalue weighted by atomic mass is 16.5. The quantitative estimate of drug-likeness (QED) is 0.316. The number of ketones is 1. The van der Waals surface area contributed by atoms with Gasteiger partial charge in [-0.25, -0.2) is 4.79 Å². The highest BCUT2D eigenvalue weighted by Gasteiger charge is 2.31. The van der Waals surface area contributed by atoms with Crippen molar-refractivity contribution in [1.82, 2.24) is 0 Å². The van der Waals surface area contributed by atoms with Gasteiger partial charge in [-0.2, -0.15) is 0 Å². The maximum atomic E-state index is 12.9. The Morgan fingerprint density at radius 3 is 2.41 bits per heavy atom. The van der Waals surface area contributed by atoms with Crippen molar-refractivity contribution in [3.8, 4) is 23.0 Å². The molecule has 0 unspecified atom stereocenters. The monoisotopic (exact) mass is 430 g/mol. The molecule has 0 radical (unpaired) electrons. The molecule has 0 saturated heterocycles. The minimum Gasteiger partial charge on any atom is -0.493 e. The molecule has 3 aromatic carbocycles. The fourth-order valence-corrected chi connectivity index (χ4v) is 3.60. The van der Waals surface area contributed by atoms with Crippen LogP contribution in [0.5, 0.6) is 23.0 Å². The Labute approximate surface area is 186 Å². The van der Waals surface area contributed by atoms with E-state index in [0.717, 1.165) is 5.56 Å². The van der Waals surface area contributed by atoms with E-state index in [-0.39, 0.29) is 11.5 Å². The van der Waals surface area contributed by atoms with E-state index in [4.69, 9.17) is 18.9 Å². The van der Waals surface area contributed by atoms with E-state index in [1.165, 1.54) is 7.11 Å². The van der Waals surface area contributed by atoms with Crippen LogP contribution >= 0.6 is 0 Å². The van der Waals surface area contributed by atoms with E-state index in [1.54, 1.807) is 62.6 Å². The number of allylic oxidation sites excluding steroid dienone is 1. The van der Waals surface area contributed by atoms with E-state index >= 15 is 0 Å². The number of fused-ring (bicyclic) bond motifs is 1. The third-order valence-electron chi connectivity index (χ3n) is 5.32. The maximum Gasteiger partial charge on any atom is 0.343 e. The molecule has 0 atom stereocenters. The number of carbonyl (C=O) groups excluding carboxylic acids is 2. The summed E-state index contributed by atoms with van der Waals surface area (Å²) >= 11 is 0. The van der Waals surface area contributed by atoms with Gasteiger partial charge in [-0.1, -0.05) is 30.3 Å². The van der Waals surface area contributed by atoms with Crippen LogP contribution in [0.1, 0.15) is 37.4 Å². The van der Waals surface area contributed by atoms with Crippen molar-refractivity contribution in [3.05, 3.63) is 88.2 Å². The topological polar surface area (TPSA) is 71.1 Å². The van der Waals surface area contributed by atoms with Gasteiger partial charge in [0, 0.05) is 11.1 Å². The molecule has 0 aromatic heterocycles. The maximum absolute atomic E-state index is 12.9. The summed E-state index contributed by atoms with van der Waals surface area (Å²) in [5.41, 5.74) is 2.92. The number of carbonyl (C=O) groups is 2. The van der Waals surface area contributed by atoms with Gasteiger partial charge in [0.05, 0.1) is 25.3 Å². The van der Waals surface area contributed by atoms with Crippen LogP contribution in [0.25, 0.3) is 6.08 Å². The van der Waals surface area contributed by atoms with Gasteiger partial charge >= 0.3 is 5.97 Å². The van der Waals surface area contributed by atoms with Gasteiger partial charge in [-0.05, 0) is 49.8 Å². The number of hydrogen-bond acceptors (Lipinski definition) is 6. The predicted molar refractivity (Wildman–Crippen MR) is 120 cm³/mol. The normalized spacial score (nSPS) is 13.5. The van der Waals surface area contributed by atoms with E-state index in [9.17, 15) is 9.59 Å². The van der Waals surface area contributed by atoms with Crippen molar-refractivity contribution in [2.24, 2.45) is 0 Å². The van der Waals surface area contributed by atoms with Crippen LogP contribution in [0.3, 0.4) is 0 Å². The summed E-state index contributed by atoms with van der Waals surface area (Å²) in [6, 6.07) is 15.8. The average Bonchev–Trinajstić information content (AvgIpc) is 3.11. The minimum atomic E-state index is -0.465. The summed E-state index contributed by atoms with van der Waals surface area (Å²) in [6.45, 7) is 3.60. The van der Waals surface area contributed by atoms with Crippen LogP contribution in [0, 0.1) is 13.8 Å². The van der Waals surface area contributed by atoms with Gasteiger partial charge in [0.1, 0.15) is 11.5 Å². The number of Topliss-reactive ketones (excluding diaryl/α,β-unsaturated/α-hetero) is 1. The highest BCUT2D eigenvalue weighted by Crippen LogP contribution is 2.40. The first-order chi connectivity index (χ1) is 15.4. The minimum absolute atomic E-state index is 0.150. The van der Waals surface area contributed by atoms with E-state index in [0.29, 0.717) is 45.3 Å². The molecule has 4 rings (SSSR count). The number of hydrogen-bond donors (Lipinski definition) is 0. The van der Waals surface area contributed by atoms with Crippen LogP contribution in [0.15, 0.2) is 60.4 Å². The van der Waals surface area contributed by atoms with Crippen molar-refractivity contribution in [1.29, 1.82) is 0 Å². The second kappa shape index (κ2) is 8.59. The molecule has 32 heavy (non-hydrogen) atoms. The van der Waals surface area contributed by atoms with Crippen molar-refractivity contribution in [2.75, 3.05) is 14.2 Å². The second-order valence-electron chi connectivity index (χ2n) is 7.29. The Hall–Kier alpha value is -4.06. The van der Waals surface area contributed by atoms with Crippen LogP contribution in [0.2, 0.25) is 0 Å². The molecule has 0 bridgehead atoms. The third kappa shape index (κ3) is 3.71. The van der Waals surface area contributed by atoms with Crippen molar-refractivity contribution in [2.45, 2.75) is 13.8 Å². The lowest BCUT2D eigenvalue weighted by Gasteiger charge is -2.11. The van der Waals surface area contributed by atoms with Crippen molar-refractivity contribution < 1.29 is 28.5 Å². The van der Waals surface area contributed by atoms with Gasteiger partial charge in [0.2, 0.25) is 5.78 Å². The van der Waals surface area contributed by atoms with Gasteiger partial charge in [0.15, 0.2) is 17.3 Å². The molecule has 0 aliphatic carbocycles. The number of esters is 1. The molecule has 3 aromatic rings. The standard InChI is InChI=1S/C26H22O6/c1-15-8-5-6-10-18(15)26(28)32-20-13-12-19-23(27)22(31-24(19)16(20)2)14-17-9-7-11-21(29-3)25(17)30-4/h5-14H,1-4H3/b22-14-.